The third kappa shape index (κ3) is 3.80. The predicted molar refractivity (Wildman–Crippen MR) is 94.9 cm³/mol. The molecule has 0 aromatic heterocycles. The van der Waals surface area contributed by atoms with Crippen LogP contribution in [0.2, 0.25) is 0 Å². The third-order valence-corrected chi connectivity index (χ3v) is 4.10. The Morgan fingerprint density at radius 3 is 2.27 bits per heavy atom. The molecule has 8 nitrogen and oxygen atoms in total. The molecule has 1 aromatic carbocycles. The molecule has 9 heteroatoms. The molecule has 2 rings (SSSR count). The maximum atomic E-state index is 12.5. The Morgan fingerprint density at radius 1 is 1.12 bits per heavy atom. The maximum Gasteiger partial charge on any atom is 0.338 e. The highest BCUT2D eigenvalue weighted by Crippen LogP contribution is 2.40. The van der Waals surface area contributed by atoms with Crippen LogP contribution in [0.5, 0.6) is 17.2 Å². The zero-order chi connectivity index (χ0) is 19.3. The molecule has 2 amide bonds. The van der Waals surface area contributed by atoms with Gasteiger partial charge in [-0.3, -0.25) is 0 Å². The van der Waals surface area contributed by atoms with Gasteiger partial charge in [-0.2, -0.15) is 0 Å². The van der Waals surface area contributed by atoms with Gasteiger partial charge >= 0.3 is 12.0 Å². The van der Waals surface area contributed by atoms with Crippen LogP contribution in [0.3, 0.4) is 0 Å². The number of benzene rings is 1. The molecular weight excluding hydrogens is 364 g/mol. The normalized spacial score (nSPS) is 16.5. The number of halogens is 1. The van der Waals surface area contributed by atoms with Crippen LogP contribution in [-0.2, 0) is 9.53 Å². The molecule has 0 fully saturated rings. The lowest BCUT2D eigenvalue weighted by Crippen LogP contribution is -2.46. The van der Waals surface area contributed by atoms with Gasteiger partial charge < -0.3 is 29.6 Å². The minimum Gasteiger partial charge on any atom is -0.496 e. The summed E-state index contributed by atoms with van der Waals surface area (Å²) in [6, 6.07) is 1.94. The number of alkyl halides is 1. The lowest BCUT2D eigenvalue weighted by Gasteiger charge is -2.30. The van der Waals surface area contributed by atoms with Crippen molar-refractivity contribution >= 4 is 23.6 Å². The Hall–Kier alpha value is -2.61. The molecule has 1 aromatic rings. The number of nitrogens with one attached hydrogen (secondary N) is 2. The Labute approximate surface area is 156 Å². The summed E-state index contributed by atoms with van der Waals surface area (Å²) in [5, 5.41) is 5.25. The van der Waals surface area contributed by atoms with Crippen LogP contribution in [-0.4, -0.2) is 45.8 Å². The van der Waals surface area contributed by atoms with E-state index in [-0.39, 0.29) is 23.8 Å². The fraction of sp³-hybridized carbons (Fsp3) is 0.412. The lowest BCUT2D eigenvalue weighted by molar-refractivity contribution is -0.139. The maximum absolute atomic E-state index is 12.5. The van der Waals surface area contributed by atoms with E-state index >= 15 is 0 Å². The highest BCUT2D eigenvalue weighted by molar-refractivity contribution is 6.20. The molecule has 0 unspecified atom stereocenters. The number of hydrogen-bond acceptors (Lipinski definition) is 6. The Balaban J connectivity index is 2.66. The number of allylic oxidation sites excluding steroid dienone is 1. The summed E-state index contributed by atoms with van der Waals surface area (Å²) < 4.78 is 21.1. The Kier molecular flexibility index (Phi) is 6.57. The molecule has 0 saturated carbocycles. The second-order valence-corrected chi connectivity index (χ2v) is 5.49. The van der Waals surface area contributed by atoms with Crippen LogP contribution < -0.4 is 24.8 Å². The third-order valence-electron chi connectivity index (χ3n) is 3.83. The van der Waals surface area contributed by atoms with Crippen molar-refractivity contribution in [1.29, 1.82) is 0 Å². The van der Waals surface area contributed by atoms with Crippen molar-refractivity contribution in [2.45, 2.75) is 13.0 Å². The number of rotatable bonds is 7. The van der Waals surface area contributed by atoms with Crippen molar-refractivity contribution in [2.24, 2.45) is 0 Å². The first-order chi connectivity index (χ1) is 12.5. The summed E-state index contributed by atoms with van der Waals surface area (Å²) in [6.07, 6.45) is 0. The molecule has 0 saturated heterocycles. The van der Waals surface area contributed by atoms with E-state index in [1.807, 2.05) is 0 Å². The van der Waals surface area contributed by atoms with E-state index in [1.54, 1.807) is 19.1 Å². The van der Waals surface area contributed by atoms with Gasteiger partial charge in [0.1, 0.15) is 5.75 Å². The van der Waals surface area contributed by atoms with E-state index in [4.69, 9.17) is 30.5 Å². The van der Waals surface area contributed by atoms with Crippen molar-refractivity contribution in [2.75, 3.05) is 33.8 Å². The quantitative estimate of drug-likeness (QED) is 0.552. The monoisotopic (exact) mass is 384 g/mol. The fourth-order valence-electron chi connectivity index (χ4n) is 2.68. The Morgan fingerprint density at radius 2 is 1.73 bits per heavy atom. The zero-order valence-corrected chi connectivity index (χ0v) is 15.7. The van der Waals surface area contributed by atoms with E-state index in [1.165, 1.54) is 21.3 Å². The fourth-order valence-corrected chi connectivity index (χ4v) is 2.90. The SMILES string of the molecule is CCOC(=O)C1=C(CCl)NC(=O)N[C@@H]1c1cc(OC)c(OC)cc1OC. The van der Waals surface area contributed by atoms with E-state index in [9.17, 15) is 9.59 Å². The van der Waals surface area contributed by atoms with E-state index < -0.39 is 18.0 Å². The number of esters is 1. The molecule has 1 aliphatic heterocycles. The molecular formula is C17H21ClN2O6. The molecule has 0 aliphatic carbocycles. The number of carbonyl (C=O) groups excluding carboxylic acids is 2. The second kappa shape index (κ2) is 8.66. The van der Waals surface area contributed by atoms with Crippen molar-refractivity contribution in [1.82, 2.24) is 10.6 Å². The highest BCUT2D eigenvalue weighted by atomic mass is 35.5. The number of carbonyl (C=O) groups is 2. The van der Waals surface area contributed by atoms with Crippen LogP contribution >= 0.6 is 11.6 Å². The molecule has 1 heterocycles. The topological polar surface area (TPSA) is 95.1 Å². The summed E-state index contributed by atoms with van der Waals surface area (Å²) in [5.74, 6) is 0.635. The Bertz CT molecular complexity index is 734. The zero-order valence-electron chi connectivity index (χ0n) is 15.0. The van der Waals surface area contributed by atoms with Gasteiger partial charge in [-0.25, -0.2) is 9.59 Å². The van der Waals surface area contributed by atoms with Gasteiger partial charge in [0.25, 0.3) is 0 Å². The molecule has 1 atom stereocenters. The van der Waals surface area contributed by atoms with Crippen LogP contribution in [0, 0.1) is 0 Å². The van der Waals surface area contributed by atoms with Gasteiger partial charge in [0.05, 0.1) is 45.4 Å². The first-order valence-corrected chi connectivity index (χ1v) is 8.37. The van der Waals surface area contributed by atoms with Gasteiger partial charge in [0.2, 0.25) is 0 Å². The molecule has 26 heavy (non-hydrogen) atoms. The van der Waals surface area contributed by atoms with Crippen LogP contribution in [0.1, 0.15) is 18.5 Å². The van der Waals surface area contributed by atoms with E-state index in [0.29, 0.717) is 22.8 Å². The largest absolute Gasteiger partial charge is 0.496 e. The molecule has 2 N–H and O–H groups in total. The van der Waals surface area contributed by atoms with Crippen LogP contribution in [0.4, 0.5) is 4.79 Å². The smallest absolute Gasteiger partial charge is 0.338 e. The van der Waals surface area contributed by atoms with Gasteiger partial charge in [0, 0.05) is 17.3 Å². The van der Waals surface area contributed by atoms with Crippen LogP contribution in [0.15, 0.2) is 23.4 Å². The summed E-state index contributed by atoms with van der Waals surface area (Å²) >= 11 is 5.93. The minimum atomic E-state index is -0.827. The van der Waals surface area contributed by atoms with Gasteiger partial charge in [-0.05, 0) is 13.0 Å². The molecule has 0 radical (unpaired) electrons. The van der Waals surface area contributed by atoms with Crippen molar-refractivity contribution in [3.05, 3.63) is 29.0 Å². The number of methoxy groups -OCH3 is 3. The predicted octanol–water partition coefficient (Wildman–Crippen LogP) is 2.12. The minimum absolute atomic E-state index is 0.0618. The van der Waals surface area contributed by atoms with Crippen molar-refractivity contribution < 1.29 is 28.5 Å². The molecule has 0 bridgehead atoms. The molecule has 142 valence electrons. The second-order valence-electron chi connectivity index (χ2n) is 5.23. The lowest BCUT2D eigenvalue weighted by atomic mass is 9.94. The summed E-state index contributed by atoms with van der Waals surface area (Å²) in [6.45, 7) is 1.88. The van der Waals surface area contributed by atoms with Gasteiger partial charge in [-0.15, -0.1) is 11.6 Å². The molecule has 1 aliphatic rings. The first-order valence-electron chi connectivity index (χ1n) is 7.84. The average molecular weight is 385 g/mol. The van der Waals surface area contributed by atoms with Crippen molar-refractivity contribution in [3.8, 4) is 17.2 Å². The summed E-state index contributed by atoms with van der Waals surface area (Å²) in [4.78, 5) is 24.6. The van der Waals surface area contributed by atoms with Gasteiger partial charge in [0.15, 0.2) is 11.5 Å². The number of hydrogen-bond donors (Lipinski definition) is 2. The summed E-state index contributed by atoms with van der Waals surface area (Å²) in [5.41, 5.74) is 0.980. The van der Waals surface area contributed by atoms with Gasteiger partial charge in [-0.1, -0.05) is 0 Å². The number of amides is 2. The van der Waals surface area contributed by atoms with E-state index in [0.717, 1.165) is 0 Å². The number of urea groups is 1. The van der Waals surface area contributed by atoms with Crippen LogP contribution in [0.25, 0.3) is 0 Å². The molecule has 0 spiro atoms. The van der Waals surface area contributed by atoms with E-state index in [2.05, 4.69) is 10.6 Å². The first kappa shape index (κ1) is 19.7. The number of ether oxygens (including phenoxy) is 4. The standard InChI is InChI=1S/C17H21ClN2O6/c1-5-26-16(21)14-10(8-18)19-17(22)20-15(14)9-6-12(24-3)13(25-4)7-11(9)23-2/h6-7,15H,5,8H2,1-4H3,(H2,19,20,22)/t15-/m1/s1. The average Bonchev–Trinajstić information content (AvgIpc) is 2.65. The summed E-state index contributed by atoms with van der Waals surface area (Å²) in [7, 11) is 4.46. The highest BCUT2D eigenvalue weighted by Gasteiger charge is 2.35. The van der Waals surface area contributed by atoms with Crippen molar-refractivity contribution in [3.63, 3.8) is 0 Å².